The summed E-state index contributed by atoms with van der Waals surface area (Å²) in [5.41, 5.74) is 7.44. The number of amides is 2. The number of nitrogens with one attached hydrogen (secondary N) is 3. The van der Waals surface area contributed by atoms with E-state index in [1.165, 1.54) is 6.20 Å². The highest BCUT2D eigenvalue weighted by molar-refractivity contribution is 6.30. The Morgan fingerprint density at radius 2 is 1.86 bits per heavy atom. The Morgan fingerprint density at radius 1 is 1.10 bits per heavy atom. The Bertz CT molecular complexity index is 853. The number of carbonyl (C=O) groups is 2. The molecule has 2 unspecified atom stereocenters. The molecule has 3 heterocycles. The maximum Gasteiger partial charge on any atom is 0.229 e. The van der Waals surface area contributed by atoms with Gasteiger partial charge in [-0.25, -0.2) is 10.4 Å². The molecule has 8 heteroatoms. The number of hydrogen-bond acceptors (Lipinski definition) is 5. The van der Waals surface area contributed by atoms with Gasteiger partial charge in [-0.15, -0.1) is 0 Å². The minimum absolute atomic E-state index is 0.0410. The monoisotopic (exact) mass is 413 g/mol. The van der Waals surface area contributed by atoms with Crippen LogP contribution in [0, 0.1) is 11.8 Å². The lowest BCUT2D eigenvalue weighted by molar-refractivity contribution is -0.138. The number of pyridine rings is 1. The molecule has 2 amide bonds. The second kappa shape index (κ2) is 8.90. The van der Waals surface area contributed by atoms with Gasteiger partial charge in [-0.2, -0.15) is 0 Å². The van der Waals surface area contributed by atoms with Gasteiger partial charge < -0.3 is 10.2 Å². The van der Waals surface area contributed by atoms with Gasteiger partial charge in [-0.3, -0.25) is 15.0 Å². The van der Waals surface area contributed by atoms with E-state index in [2.05, 4.69) is 21.2 Å². The lowest BCUT2D eigenvalue weighted by Crippen LogP contribution is -2.45. The van der Waals surface area contributed by atoms with Crippen molar-refractivity contribution in [3.05, 3.63) is 59.2 Å². The average molecular weight is 414 g/mol. The second-order valence-corrected chi connectivity index (χ2v) is 7.91. The topological polar surface area (TPSA) is 86.4 Å². The SMILES string of the molecule is O=C(Nc1ccc(Cl)cn1)C1CCN(C(=O)C2CNNC2c2ccccc2)CC1. The van der Waals surface area contributed by atoms with Crippen LogP contribution in [0.2, 0.25) is 5.02 Å². The van der Waals surface area contributed by atoms with Gasteiger partial charge in [0.25, 0.3) is 0 Å². The van der Waals surface area contributed by atoms with Gasteiger partial charge in [0.2, 0.25) is 11.8 Å². The summed E-state index contributed by atoms with van der Waals surface area (Å²) in [6, 6.07) is 13.3. The normalized spacial score (nSPS) is 22.4. The van der Waals surface area contributed by atoms with E-state index in [1.54, 1.807) is 12.1 Å². The molecule has 2 saturated heterocycles. The zero-order valence-corrected chi connectivity index (χ0v) is 16.7. The Kier molecular flexibility index (Phi) is 6.08. The summed E-state index contributed by atoms with van der Waals surface area (Å²) in [5.74, 6) is 0.293. The van der Waals surface area contributed by atoms with Gasteiger partial charge in [0.15, 0.2) is 0 Å². The quantitative estimate of drug-likeness (QED) is 0.716. The maximum atomic E-state index is 13.1. The number of likely N-dealkylation sites (tertiary alicyclic amines) is 1. The summed E-state index contributed by atoms with van der Waals surface area (Å²) in [7, 11) is 0. The fourth-order valence-corrected chi connectivity index (χ4v) is 4.09. The van der Waals surface area contributed by atoms with E-state index < -0.39 is 0 Å². The predicted molar refractivity (Wildman–Crippen MR) is 111 cm³/mol. The first kappa shape index (κ1) is 19.8. The fraction of sp³-hybridized carbons (Fsp3) is 0.381. The molecule has 2 aliphatic rings. The van der Waals surface area contributed by atoms with Crippen molar-refractivity contribution in [3.63, 3.8) is 0 Å². The number of halogens is 1. The summed E-state index contributed by atoms with van der Waals surface area (Å²) >= 11 is 5.82. The van der Waals surface area contributed by atoms with Crippen LogP contribution in [0.3, 0.4) is 0 Å². The number of anilines is 1. The molecule has 0 aliphatic carbocycles. The zero-order chi connectivity index (χ0) is 20.2. The molecule has 4 rings (SSSR count). The van der Waals surface area contributed by atoms with E-state index in [9.17, 15) is 9.59 Å². The van der Waals surface area contributed by atoms with Crippen molar-refractivity contribution in [2.24, 2.45) is 11.8 Å². The second-order valence-electron chi connectivity index (χ2n) is 7.47. The van der Waals surface area contributed by atoms with Crippen molar-refractivity contribution in [3.8, 4) is 0 Å². The minimum Gasteiger partial charge on any atom is -0.342 e. The number of hydrogen-bond donors (Lipinski definition) is 3. The van der Waals surface area contributed by atoms with E-state index in [-0.39, 0.29) is 29.7 Å². The van der Waals surface area contributed by atoms with Crippen LogP contribution in [-0.4, -0.2) is 41.3 Å². The Labute approximate surface area is 174 Å². The van der Waals surface area contributed by atoms with Gasteiger partial charge in [-0.1, -0.05) is 41.9 Å². The first-order valence-electron chi connectivity index (χ1n) is 9.86. The molecular formula is C21H24ClN5O2. The summed E-state index contributed by atoms with van der Waals surface area (Å²) in [4.78, 5) is 31.6. The van der Waals surface area contributed by atoms with Crippen LogP contribution in [0.5, 0.6) is 0 Å². The Morgan fingerprint density at radius 3 is 2.55 bits per heavy atom. The zero-order valence-electron chi connectivity index (χ0n) is 16.0. The van der Waals surface area contributed by atoms with E-state index in [0.717, 1.165) is 5.56 Å². The van der Waals surface area contributed by atoms with Crippen molar-refractivity contribution in [2.45, 2.75) is 18.9 Å². The van der Waals surface area contributed by atoms with E-state index in [1.807, 2.05) is 35.2 Å². The molecule has 3 N–H and O–H groups in total. The number of hydrazine groups is 1. The van der Waals surface area contributed by atoms with Crippen LogP contribution in [0.4, 0.5) is 5.82 Å². The summed E-state index contributed by atoms with van der Waals surface area (Å²) in [5, 5.41) is 3.36. The number of benzene rings is 1. The largest absolute Gasteiger partial charge is 0.342 e. The molecule has 2 atom stereocenters. The molecule has 1 aromatic heterocycles. The molecule has 2 aliphatic heterocycles. The number of nitrogens with zero attached hydrogens (tertiary/aromatic N) is 2. The molecule has 152 valence electrons. The number of rotatable bonds is 4. The lowest BCUT2D eigenvalue weighted by atomic mass is 9.91. The Balaban J connectivity index is 1.32. The standard InChI is InChI=1S/C21H24ClN5O2/c22-16-6-7-18(23-12-16)25-20(28)15-8-10-27(11-9-15)21(29)17-13-24-26-19(17)14-4-2-1-3-5-14/h1-7,12,15,17,19,24,26H,8-11,13H2,(H,23,25,28). The van der Waals surface area contributed by atoms with Crippen LogP contribution in [0.1, 0.15) is 24.4 Å². The third kappa shape index (κ3) is 4.58. The highest BCUT2D eigenvalue weighted by Crippen LogP contribution is 2.28. The molecule has 0 bridgehead atoms. The van der Waals surface area contributed by atoms with Gasteiger partial charge >= 0.3 is 0 Å². The van der Waals surface area contributed by atoms with Gasteiger partial charge in [-0.05, 0) is 30.5 Å². The van der Waals surface area contributed by atoms with E-state index in [4.69, 9.17) is 11.6 Å². The molecule has 0 spiro atoms. The molecule has 2 aromatic rings. The van der Waals surface area contributed by atoms with Gasteiger partial charge in [0.05, 0.1) is 17.0 Å². The molecule has 1 aromatic carbocycles. The van der Waals surface area contributed by atoms with Crippen LogP contribution in [-0.2, 0) is 9.59 Å². The van der Waals surface area contributed by atoms with Crippen molar-refractivity contribution in [1.29, 1.82) is 0 Å². The predicted octanol–water partition coefficient (Wildman–Crippen LogP) is 2.38. The van der Waals surface area contributed by atoms with Crippen LogP contribution < -0.4 is 16.2 Å². The third-order valence-electron chi connectivity index (χ3n) is 5.61. The molecule has 0 radical (unpaired) electrons. The lowest BCUT2D eigenvalue weighted by Gasteiger charge is -2.33. The van der Waals surface area contributed by atoms with E-state index in [0.29, 0.717) is 43.3 Å². The number of carbonyl (C=O) groups excluding carboxylic acids is 2. The van der Waals surface area contributed by atoms with Crippen molar-refractivity contribution < 1.29 is 9.59 Å². The third-order valence-corrected chi connectivity index (χ3v) is 5.84. The number of aromatic nitrogens is 1. The fourth-order valence-electron chi connectivity index (χ4n) is 3.98. The van der Waals surface area contributed by atoms with Crippen LogP contribution in [0.25, 0.3) is 0 Å². The minimum atomic E-state index is -0.152. The first-order valence-corrected chi connectivity index (χ1v) is 10.2. The highest BCUT2D eigenvalue weighted by Gasteiger charge is 2.38. The molecule has 7 nitrogen and oxygen atoms in total. The highest BCUT2D eigenvalue weighted by atomic mass is 35.5. The first-order chi connectivity index (χ1) is 14.1. The Hall–Kier alpha value is -2.48. The smallest absolute Gasteiger partial charge is 0.229 e. The summed E-state index contributed by atoms with van der Waals surface area (Å²) < 4.78 is 0. The van der Waals surface area contributed by atoms with Crippen LogP contribution >= 0.6 is 11.6 Å². The number of piperidine rings is 1. The van der Waals surface area contributed by atoms with Crippen molar-refractivity contribution >= 4 is 29.2 Å². The van der Waals surface area contributed by atoms with Crippen molar-refractivity contribution in [2.75, 3.05) is 25.0 Å². The average Bonchev–Trinajstić information content (AvgIpc) is 3.25. The van der Waals surface area contributed by atoms with Crippen molar-refractivity contribution in [1.82, 2.24) is 20.7 Å². The maximum absolute atomic E-state index is 13.1. The van der Waals surface area contributed by atoms with Gasteiger partial charge in [0.1, 0.15) is 5.82 Å². The molecular weight excluding hydrogens is 390 g/mol. The molecule has 2 fully saturated rings. The van der Waals surface area contributed by atoms with Gasteiger partial charge in [0, 0.05) is 31.7 Å². The molecule has 29 heavy (non-hydrogen) atoms. The van der Waals surface area contributed by atoms with Crippen LogP contribution in [0.15, 0.2) is 48.7 Å². The summed E-state index contributed by atoms with van der Waals surface area (Å²) in [6.45, 7) is 1.77. The molecule has 0 saturated carbocycles. The summed E-state index contributed by atoms with van der Waals surface area (Å²) in [6.07, 6.45) is 2.80. The van der Waals surface area contributed by atoms with E-state index >= 15 is 0 Å².